The van der Waals surface area contributed by atoms with Gasteiger partial charge in [0.2, 0.25) is 0 Å². The number of pyridine rings is 2. The lowest BCUT2D eigenvalue weighted by Gasteiger charge is -2.07. The van der Waals surface area contributed by atoms with Gasteiger partial charge >= 0.3 is 5.97 Å². The van der Waals surface area contributed by atoms with Crippen LogP contribution in [0, 0.1) is 6.92 Å². The van der Waals surface area contributed by atoms with Gasteiger partial charge in [-0.25, -0.2) is 14.8 Å². The van der Waals surface area contributed by atoms with E-state index in [-0.39, 0.29) is 10.7 Å². The van der Waals surface area contributed by atoms with Gasteiger partial charge in [0, 0.05) is 11.9 Å². The van der Waals surface area contributed by atoms with Crippen LogP contribution in [0.2, 0.25) is 5.15 Å². The predicted octanol–water partition coefficient (Wildman–Crippen LogP) is 2.23. The number of ether oxygens (including phenoxy) is 1. The quantitative estimate of drug-likeness (QED) is 0.692. The number of aromatic nitrogens is 2. The minimum atomic E-state index is -0.708. The summed E-state index contributed by atoms with van der Waals surface area (Å²) in [5.74, 6) is -0.794. The summed E-state index contributed by atoms with van der Waals surface area (Å²) in [6.45, 7) is 1.37. The molecule has 7 heteroatoms. The molecule has 0 radical (unpaired) electrons. The standard InChI is InChI=1S/C14H12ClN3O3/c1-9-4-2-6-11(17-9)18-12(19)8-21-14(20)10-5-3-7-16-13(10)15/h2-7H,8H2,1H3,(H,17,18,19). The number of halogens is 1. The number of rotatable bonds is 4. The van der Waals surface area contributed by atoms with Crippen molar-refractivity contribution in [1.82, 2.24) is 9.97 Å². The molecule has 108 valence electrons. The molecule has 0 saturated carbocycles. The number of hydrogen-bond donors (Lipinski definition) is 1. The minimum Gasteiger partial charge on any atom is -0.452 e. The second-order valence-electron chi connectivity index (χ2n) is 4.13. The van der Waals surface area contributed by atoms with Crippen molar-refractivity contribution < 1.29 is 14.3 Å². The van der Waals surface area contributed by atoms with Crippen LogP contribution >= 0.6 is 11.6 Å². The normalized spacial score (nSPS) is 10.0. The summed E-state index contributed by atoms with van der Waals surface area (Å²) < 4.78 is 4.87. The Kier molecular flexibility index (Phi) is 4.84. The average molecular weight is 306 g/mol. The van der Waals surface area contributed by atoms with Crippen LogP contribution in [0.3, 0.4) is 0 Å². The second-order valence-corrected chi connectivity index (χ2v) is 4.49. The van der Waals surface area contributed by atoms with Crippen LogP contribution in [0.25, 0.3) is 0 Å². The highest BCUT2D eigenvalue weighted by Crippen LogP contribution is 2.12. The highest BCUT2D eigenvalue weighted by molar-refractivity contribution is 6.32. The van der Waals surface area contributed by atoms with E-state index in [1.165, 1.54) is 12.3 Å². The third-order valence-corrected chi connectivity index (χ3v) is 2.77. The average Bonchev–Trinajstić information content (AvgIpc) is 2.45. The van der Waals surface area contributed by atoms with Gasteiger partial charge in [0.25, 0.3) is 5.91 Å². The molecule has 0 fully saturated rings. The SMILES string of the molecule is Cc1cccc(NC(=O)COC(=O)c2cccnc2Cl)n1. The third-order valence-electron chi connectivity index (χ3n) is 2.47. The molecule has 0 unspecified atom stereocenters. The van der Waals surface area contributed by atoms with E-state index in [9.17, 15) is 9.59 Å². The molecule has 0 aliphatic heterocycles. The molecule has 0 aromatic carbocycles. The molecule has 1 amide bonds. The van der Waals surface area contributed by atoms with Gasteiger partial charge in [0.15, 0.2) is 6.61 Å². The molecule has 2 aromatic heterocycles. The molecule has 2 rings (SSSR count). The van der Waals surface area contributed by atoms with E-state index in [1.54, 1.807) is 31.2 Å². The summed E-state index contributed by atoms with van der Waals surface area (Å²) in [6, 6.07) is 8.24. The molecule has 0 atom stereocenters. The Bertz CT molecular complexity index is 676. The van der Waals surface area contributed by atoms with Crippen molar-refractivity contribution in [3.63, 3.8) is 0 Å². The topological polar surface area (TPSA) is 81.2 Å². The Morgan fingerprint density at radius 1 is 1.29 bits per heavy atom. The minimum absolute atomic E-state index is 0.0308. The molecule has 0 aliphatic carbocycles. The molecule has 0 aliphatic rings. The zero-order chi connectivity index (χ0) is 15.2. The molecular weight excluding hydrogens is 294 g/mol. The lowest BCUT2D eigenvalue weighted by atomic mass is 10.3. The third kappa shape index (κ3) is 4.25. The molecule has 0 saturated heterocycles. The number of aryl methyl sites for hydroxylation is 1. The van der Waals surface area contributed by atoms with Crippen molar-refractivity contribution in [2.24, 2.45) is 0 Å². The van der Waals surface area contributed by atoms with Gasteiger partial charge in [-0.05, 0) is 31.2 Å². The maximum Gasteiger partial charge on any atom is 0.341 e. The van der Waals surface area contributed by atoms with Gasteiger partial charge in [-0.1, -0.05) is 17.7 Å². The Morgan fingerprint density at radius 3 is 2.81 bits per heavy atom. The van der Waals surface area contributed by atoms with Crippen molar-refractivity contribution in [1.29, 1.82) is 0 Å². The predicted molar refractivity (Wildman–Crippen MR) is 77.1 cm³/mol. The molecule has 6 nitrogen and oxygen atoms in total. The van der Waals surface area contributed by atoms with E-state index in [2.05, 4.69) is 15.3 Å². The number of nitrogens with zero attached hydrogens (tertiary/aromatic N) is 2. The number of esters is 1. The highest BCUT2D eigenvalue weighted by Gasteiger charge is 2.14. The second kappa shape index (κ2) is 6.81. The number of anilines is 1. The zero-order valence-corrected chi connectivity index (χ0v) is 11.9. The van der Waals surface area contributed by atoms with Gasteiger partial charge in [-0.3, -0.25) is 4.79 Å². The zero-order valence-electron chi connectivity index (χ0n) is 11.2. The van der Waals surface area contributed by atoms with Gasteiger partial charge in [0.1, 0.15) is 11.0 Å². The summed E-state index contributed by atoms with van der Waals surface area (Å²) in [7, 11) is 0. The Balaban J connectivity index is 1.90. The summed E-state index contributed by atoms with van der Waals surface area (Å²) in [5.41, 5.74) is 0.882. The fraction of sp³-hybridized carbons (Fsp3) is 0.143. The monoisotopic (exact) mass is 305 g/mol. The van der Waals surface area contributed by atoms with Gasteiger partial charge in [-0.2, -0.15) is 0 Å². The van der Waals surface area contributed by atoms with Crippen LogP contribution in [0.4, 0.5) is 5.82 Å². The van der Waals surface area contributed by atoms with Crippen molar-refractivity contribution >= 4 is 29.3 Å². The first kappa shape index (κ1) is 14.9. The Labute approximate surface area is 126 Å². The van der Waals surface area contributed by atoms with Crippen LogP contribution in [-0.2, 0) is 9.53 Å². The van der Waals surface area contributed by atoms with E-state index in [4.69, 9.17) is 16.3 Å². The smallest absolute Gasteiger partial charge is 0.341 e. The molecule has 2 aromatic rings. The van der Waals surface area contributed by atoms with Gasteiger partial charge in [0.05, 0.1) is 5.56 Å². The number of amides is 1. The van der Waals surface area contributed by atoms with Crippen molar-refractivity contribution in [2.75, 3.05) is 11.9 Å². The largest absolute Gasteiger partial charge is 0.452 e. The highest BCUT2D eigenvalue weighted by atomic mass is 35.5. The Morgan fingerprint density at radius 2 is 2.10 bits per heavy atom. The maximum atomic E-state index is 11.7. The molecular formula is C14H12ClN3O3. The summed E-state index contributed by atoms with van der Waals surface area (Å²) >= 11 is 5.76. The Hall–Kier alpha value is -2.47. The number of nitrogens with one attached hydrogen (secondary N) is 1. The van der Waals surface area contributed by atoms with Gasteiger partial charge < -0.3 is 10.1 Å². The van der Waals surface area contributed by atoms with E-state index in [0.717, 1.165) is 5.69 Å². The molecule has 2 heterocycles. The fourth-order valence-electron chi connectivity index (χ4n) is 1.54. The van der Waals surface area contributed by atoms with Crippen LogP contribution < -0.4 is 5.32 Å². The summed E-state index contributed by atoms with van der Waals surface area (Å²) in [4.78, 5) is 31.3. The molecule has 21 heavy (non-hydrogen) atoms. The van der Waals surface area contributed by atoms with Crippen molar-refractivity contribution in [3.05, 3.63) is 52.9 Å². The molecule has 0 bridgehead atoms. The fourth-order valence-corrected chi connectivity index (χ4v) is 1.74. The first-order valence-electron chi connectivity index (χ1n) is 6.07. The molecule has 1 N–H and O–H groups in total. The summed E-state index contributed by atoms with van der Waals surface area (Å²) in [5, 5.41) is 2.56. The lowest BCUT2D eigenvalue weighted by molar-refractivity contribution is -0.119. The first-order chi connectivity index (χ1) is 10.1. The van der Waals surface area contributed by atoms with Crippen molar-refractivity contribution in [3.8, 4) is 0 Å². The molecule has 0 spiro atoms. The first-order valence-corrected chi connectivity index (χ1v) is 6.45. The lowest BCUT2D eigenvalue weighted by Crippen LogP contribution is -2.21. The van der Waals surface area contributed by atoms with Crippen LogP contribution in [-0.4, -0.2) is 28.5 Å². The van der Waals surface area contributed by atoms with E-state index >= 15 is 0 Å². The maximum absolute atomic E-state index is 11.7. The van der Waals surface area contributed by atoms with E-state index in [1.807, 2.05) is 0 Å². The van der Waals surface area contributed by atoms with Gasteiger partial charge in [-0.15, -0.1) is 0 Å². The number of carbonyl (C=O) groups is 2. The van der Waals surface area contributed by atoms with Crippen LogP contribution in [0.1, 0.15) is 16.1 Å². The van der Waals surface area contributed by atoms with Crippen LogP contribution in [0.5, 0.6) is 0 Å². The number of carbonyl (C=O) groups excluding carboxylic acids is 2. The number of hydrogen-bond acceptors (Lipinski definition) is 5. The van der Waals surface area contributed by atoms with E-state index < -0.39 is 18.5 Å². The van der Waals surface area contributed by atoms with Crippen LogP contribution in [0.15, 0.2) is 36.5 Å². The van der Waals surface area contributed by atoms with E-state index in [0.29, 0.717) is 5.82 Å². The van der Waals surface area contributed by atoms with Crippen molar-refractivity contribution in [2.45, 2.75) is 6.92 Å². The summed E-state index contributed by atoms with van der Waals surface area (Å²) in [6.07, 6.45) is 1.45.